The zero-order valence-electron chi connectivity index (χ0n) is 15.3. The minimum atomic E-state index is -1.01. The molecule has 0 aliphatic rings. The molecule has 140 valence electrons. The number of rotatable bonds is 11. The summed E-state index contributed by atoms with van der Waals surface area (Å²) in [6, 6.07) is 0. The maximum absolute atomic E-state index is 11.6. The fraction of sp³-hybridized carbons (Fsp3) is 0.824. The molecule has 0 aromatic rings. The summed E-state index contributed by atoms with van der Waals surface area (Å²) in [6.45, 7) is 9.32. The maximum atomic E-state index is 11.6. The van der Waals surface area contributed by atoms with E-state index in [2.05, 4.69) is 19.2 Å². The first kappa shape index (κ1) is 22.2. The molecular weight excluding hydrogens is 314 g/mol. The SMILES string of the molecule is CCC(=O)O[C@@H](C)OC(=O)NC[C@@H](C[C@@H](C)CCC(C)C)C(=O)O. The lowest BCUT2D eigenvalue weighted by molar-refractivity contribution is -0.164. The Morgan fingerprint density at radius 3 is 2.17 bits per heavy atom. The Bertz CT molecular complexity index is 410. The van der Waals surface area contributed by atoms with Crippen molar-refractivity contribution in [1.29, 1.82) is 0 Å². The van der Waals surface area contributed by atoms with E-state index in [1.807, 2.05) is 6.92 Å². The molecule has 7 heteroatoms. The second kappa shape index (κ2) is 11.7. The van der Waals surface area contributed by atoms with E-state index < -0.39 is 30.2 Å². The lowest BCUT2D eigenvalue weighted by Gasteiger charge is -2.19. The molecule has 0 bridgehead atoms. The minimum Gasteiger partial charge on any atom is -0.481 e. The number of carboxylic acids is 1. The summed E-state index contributed by atoms with van der Waals surface area (Å²) in [5.74, 6) is -1.25. The van der Waals surface area contributed by atoms with Crippen LogP contribution in [0.15, 0.2) is 0 Å². The zero-order valence-corrected chi connectivity index (χ0v) is 15.3. The Balaban J connectivity index is 4.26. The molecule has 0 saturated carbocycles. The highest BCUT2D eigenvalue weighted by atomic mass is 16.7. The van der Waals surface area contributed by atoms with Crippen LogP contribution in [0.5, 0.6) is 0 Å². The van der Waals surface area contributed by atoms with Gasteiger partial charge in [0.15, 0.2) is 0 Å². The summed E-state index contributed by atoms with van der Waals surface area (Å²) in [4.78, 5) is 34.0. The summed E-state index contributed by atoms with van der Waals surface area (Å²) in [5, 5.41) is 11.7. The predicted octanol–water partition coefficient (Wildman–Crippen LogP) is 3.18. The standard InChI is InChI=1S/C17H31NO6/c1-6-15(19)23-13(5)24-17(22)18-10-14(16(20)21)9-12(4)8-7-11(2)3/h11-14H,6-10H2,1-5H3,(H,18,22)(H,20,21)/t12-,13+,14+/m0/s1. The number of carbonyl (C=O) groups is 3. The van der Waals surface area contributed by atoms with Crippen LogP contribution in [0, 0.1) is 17.8 Å². The summed E-state index contributed by atoms with van der Waals surface area (Å²) in [5.41, 5.74) is 0. The Hall–Kier alpha value is -1.79. The second-order valence-electron chi connectivity index (χ2n) is 6.54. The molecule has 0 saturated heterocycles. The number of aliphatic carboxylic acids is 1. The smallest absolute Gasteiger partial charge is 0.410 e. The molecule has 0 aliphatic heterocycles. The number of carboxylic acid groups (broad SMARTS) is 1. The Morgan fingerprint density at radius 2 is 1.67 bits per heavy atom. The van der Waals surface area contributed by atoms with E-state index in [0.29, 0.717) is 12.3 Å². The summed E-state index contributed by atoms with van der Waals surface area (Å²) < 4.78 is 9.66. The second-order valence-corrected chi connectivity index (χ2v) is 6.54. The maximum Gasteiger partial charge on any atom is 0.410 e. The summed E-state index contributed by atoms with van der Waals surface area (Å²) in [7, 11) is 0. The van der Waals surface area contributed by atoms with E-state index in [1.165, 1.54) is 6.92 Å². The van der Waals surface area contributed by atoms with Gasteiger partial charge in [0.05, 0.1) is 5.92 Å². The van der Waals surface area contributed by atoms with Crippen LogP contribution in [0.25, 0.3) is 0 Å². The molecule has 24 heavy (non-hydrogen) atoms. The van der Waals surface area contributed by atoms with Crippen LogP contribution in [0.1, 0.15) is 60.3 Å². The van der Waals surface area contributed by atoms with Crippen LogP contribution in [-0.2, 0) is 19.1 Å². The first-order chi connectivity index (χ1) is 11.1. The minimum absolute atomic E-state index is 0.0192. The lowest BCUT2D eigenvalue weighted by atomic mass is 9.90. The van der Waals surface area contributed by atoms with E-state index in [4.69, 9.17) is 9.47 Å². The number of alkyl carbamates (subject to hydrolysis) is 1. The predicted molar refractivity (Wildman–Crippen MR) is 89.3 cm³/mol. The number of amides is 1. The summed E-state index contributed by atoms with van der Waals surface area (Å²) in [6.07, 6.45) is 0.866. The van der Waals surface area contributed by atoms with E-state index in [0.717, 1.165) is 12.8 Å². The van der Waals surface area contributed by atoms with Crippen molar-refractivity contribution in [3.63, 3.8) is 0 Å². The highest BCUT2D eigenvalue weighted by Crippen LogP contribution is 2.19. The molecule has 0 aromatic heterocycles. The van der Waals surface area contributed by atoms with Gasteiger partial charge in [-0.3, -0.25) is 9.59 Å². The Morgan fingerprint density at radius 1 is 1.04 bits per heavy atom. The fourth-order valence-electron chi connectivity index (χ4n) is 2.18. The van der Waals surface area contributed by atoms with Crippen molar-refractivity contribution in [2.75, 3.05) is 6.54 Å². The van der Waals surface area contributed by atoms with Gasteiger partial charge in [-0.05, 0) is 18.3 Å². The van der Waals surface area contributed by atoms with Crippen LogP contribution in [0.4, 0.5) is 4.79 Å². The van der Waals surface area contributed by atoms with Crippen LogP contribution in [0.3, 0.4) is 0 Å². The average molecular weight is 345 g/mol. The third-order valence-corrected chi connectivity index (χ3v) is 3.62. The van der Waals surface area contributed by atoms with Crippen LogP contribution >= 0.6 is 0 Å². The lowest BCUT2D eigenvalue weighted by Crippen LogP contribution is -2.36. The Kier molecular flexibility index (Phi) is 10.8. The molecule has 0 radical (unpaired) electrons. The van der Waals surface area contributed by atoms with E-state index in [1.54, 1.807) is 6.92 Å². The molecule has 0 aliphatic carbocycles. The molecule has 0 fully saturated rings. The number of nitrogens with one attached hydrogen (secondary N) is 1. The van der Waals surface area contributed by atoms with Gasteiger partial charge in [0.25, 0.3) is 0 Å². The first-order valence-corrected chi connectivity index (χ1v) is 8.52. The van der Waals surface area contributed by atoms with Crippen molar-refractivity contribution in [2.45, 2.75) is 66.6 Å². The normalized spacial score (nSPS) is 14.6. The van der Waals surface area contributed by atoms with Crippen molar-refractivity contribution in [1.82, 2.24) is 5.32 Å². The fourth-order valence-corrected chi connectivity index (χ4v) is 2.18. The van der Waals surface area contributed by atoms with Gasteiger partial charge in [-0.15, -0.1) is 0 Å². The third-order valence-electron chi connectivity index (χ3n) is 3.62. The number of esters is 1. The van der Waals surface area contributed by atoms with Gasteiger partial charge in [0, 0.05) is 19.9 Å². The van der Waals surface area contributed by atoms with Gasteiger partial charge in [0.2, 0.25) is 6.29 Å². The average Bonchev–Trinajstić information content (AvgIpc) is 2.48. The van der Waals surface area contributed by atoms with Gasteiger partial charge in [-0.25, -0.2) is 4.79 Å². The van der Waals surface area contributed by atoms with Gasteiger partial charge in [0.1, 0.15) is 0 Å². The molecule has 0 aromatic carbocycles. The number of carbonyl (C=O) groups excluding carboxylic acids is 2. The van der Waals surface area contributed by atoms with Crippen LogP contribution in [0.2, 0.25) is 0 Å². The quantitative estimate of drug-likeness (QED) is 0.440. The number of hydrogen-bond donors (Lipinski definition) is 2. The molecule has 0 spiro atoms. The topological polar surface area (TPSA) is 102 Å². The zero-order chi connectivity index (χ0) is 18.7. The molecule has 0 rings (SSSR count). The molecular formula is C17H31NO6. The largest absolute Gasteiger partial charge is 0.481 e. The molecule has 2 N–H and O–H groups in total. The van der Waals surface area contributed by atoms with Crippen molar-refractivity contribution >= 4 is 18.0 Å². The van der Waals surface area contributed by atoms with E-state index >= 15 is 0 Å². The van der Waals surface area contributed by atoms with Crippen LogP contribution in [-0.4, -0.2) is 36.0 Å². The highest BCUT2D eigenvalue weighted by Gasteiger charge is 2.22. The first-order valence-electron chi connectivity index (χ1n) is 8.52. The van der Waals surface area contributed by atoms with Crippen molar-refractivity contribution < 1.29 is 29.0 Å². The molecule has 0 unspecified atom stereocenters. The molecule has 0 heterocycles. The van der Waals surface area contributed by atoms with Crippen molar-refractivity contribution in [3.8, 4) is 0 Å². The van der Waals surface area contributed by atoms with Gasteiger partial charge in [-0.2, -0.15) is 0 Å². The van der Waals surface area contributed by atoms with Gasteiger partial charge < -0.3 is 19.9 Å². The van der Waals surface area contributed by atoms with E-state index in [9.17, 15) is 19.5 Å². The number of ether oxygens (including phenoxy) is 2. The van der Waals surface area contributed by atoms with Crippen molar-refractivity contribution in [3.05, 3.63) is 0 Å². The summed E-state index contributed by atoms with van der Waals surface area (Å²) >= 11 is 0. The monoisotopic (exact) mass is 345 g/mol. The van der Waals surface area contributed by atoms with E-state index in [-0.39, 0.29) is 18.9 Å². The highest BCUT2D eigenvalue weighted by molar-refractivity contribution is 5.73. The molecule has 7 nitrogen and oxygen atoms in total. The van der Waals surface area contributed by atoms with Crippen molar-refractivity contribution in [2.24, 2.45) is 17.8 Å². The molecule has 3 atom stereocenters. The third kappa shape index (κ3) is 10.9. The van der Waals surface area contributed by atoms with Crippen LogP contribution < -0.4 is 5.32 Å². The Labute approximate surface area is 144 Å². The number of hydrogen-bond acceptors (Lipinski definition) is 5. The van der Waals surface area contributed by atoms with Gasteiger partial charge in [-0.1, -0.05) is 40.5 Å². The van der Waals surface area contributed by atoms with Gasteiger partial charge >= 0.3 is 18.0 Å². The molecule has 1 amide bonds.